The molecule has 0 aromatic heterocycles. The van der Waals surface area contributed by atoms with E-state index in [0.29, 0.717) is 21.2 Å². The molecule has 0 unspecified atom stereocenters. The van der Waals surface area contributed by atoms with Gasteiger partial charge in [0.1, 0.15) is 0 Å². The van der Waals surface area contributed by atoms with Crippen molar-refractivity contribution in [2.24, 2.45) is 0 Å². The van der Waals surface area contributed by atoms with Gasteiger partial charge in [0.2, 0.25) is 0 Å². The SMILES string of the molecule is CCCCC1([I-]C)CCCCC1. The van der Waals surface area contributed by atoms with E-state index in [1.54, 1.807) is 19.3 Å². The maximum absolute atomic E-state index is 2.50. The first-order valence-electron chi connectivity index (χ1n) is 5.33. The van der Waals surface area contributed by atoms with Gasteiger partial charge >= 0.3 is 87.8 Å². The van der Waals surface area contributed by atoms with Crippen molar-refractivity contribution in [2.45, 2.75) is 61.7 Å². The minimum atomic E-state index is 0.487. The van der Waals surface area contributed by atoms with E-state index in [9.17, 15) is 0 Å². The summed E-state index contributed by atoms with van der Waals surface area (Å²) in [6.45, 7) is 2.32. The Hall–Kier alpha value is 0.730. The molecular formula is C11H22I-. The Morgan fingerprint density at radius 2 is 1.83 bits per heavy atom. The molecule has 74 valence electrons. The Balaban J connectivity index is 2.37. The van der Waals surface area contributed by atoms with Crippen LogP contribution in [0.2, 0.25) is 0 Å². The topological polar surface area (TPSA) is 0 Å². The number of unbranched alkanes of at least 4 members (excludes halogenated alkanes) is 1. The molecule has 0 saturated heterocycles. The molecule has 0 bridgehead atoms. The molecule has 1 fully saturated rings. The van der Waals surface area contributed by atoms with Gasteiger partial charge in [0, 0.05) is 0 Å². The van der Waals surface area contributed by atoms with Crippen molar-refractivity contribution in [2.75, 3.05) is 4.93 Å². The molecular weight excluding hydrogens is 259 g/mol. The van der Waals surface area contributed by atoms with Crippen molar-refractivity contribution in [1.82, 2.24) is 0 Å². The van der Waals surface area contributed by atoms with Gasteiger partial charge in [-0.05, 0) is 0 Å². The van der Waals surface area contributed by atoms with Crippen LogP contribution in [-0.4, -0.2) is 8.35 Å². The van der Waals surface area contributed by atoms with Gasteiger partial charge in [-0.1, -0.05) is 0 Å². The maximum atomic E-state index is 2.50. The Morgan fingerprint density at radius 1 is 1.17 bits per heavy atom. The number of alkyl halides is 2. The van der Waals surface area contributed by atoms with Crippen LogP contribution in [-0.2, 0) is 0 Å². The average molecular weight is 281 g/mol. The summed E-state index contributed by atoms with van der Waals surface area (Å²) in [5.41, 5.74) is 0. The molecule has 0 radical (unpaired) electrons. The van der Waals surface area contributed by atoms with Crippen molar-refractivity contribution in [3.8, 4) is 0 Å². The van der Waals surface area contributed by atoms with Gasteiger partial charge in [0.25, 0.3) is 0 Å². The van der Waals surface area contributed by atoms with Crippen LogP contribution < -0.4 is 21.2 Å². The van der Waals surface area contributed by atoms with Crippen LogP contribution in [0.25, 0.3) is 0 Å². The van der Waals surface area contributed by atoms with Gasteiger partial charge in [-0.3, -0.25) is 0 Å². The van der Waals surface area contributed by atoms with Gasteiger partial charge in [-0.25, -0.2) is 0 Å². The zero-order valence-corrected chi connectivity index (χ0v) is 10.7. The second-order valence-electron chi connectivity index (χ2n) is 4.00. The fourth-order valence-corrected chi connectivity index (χ4v) is 4.97. The molecule has 0 amide bonds. The first-order valence-corrected chi connectivity index (χ1v) is 8.57. The molecule has 0 nitrogen and oxygen atoms in total. The molecule has 1 aliphatic rings. The summed E-state index contributed by atoms with van der Waals surface area (Å²) in [7, 11) is 0. The van der Waals surface area contributed by atoms with E-state index in [4.69, 9.17) is 0 Å². The molecule has 0 heterocycles. The van der Waals surface area contributed by atoms with E-state index in [2.05, 4.69) is 11.9 Å². The van der Waals surface area contributed by atoms with Gasteiger partial charge in [-0.2, -0.15) is 0 Å². The summed E-state index contributed by atoms with van der Waals surface area (Å²) in [5, 5.41) is 0. The molecule has 0 N–H and O–H groups in total. The van der Waals surface area contributed by atoms with Gasteiger partial charge in [0.15, 0.2) is 0 Å². The normalized spacial score (nSPS) is 22.8. The molecule has 1 rings (SSSR count). The van der Waals surface area contributed by atoms with E-state index in [1.165, 1.54) is 32.1 Å². The number of hydrogen-bond acceptors (Lipinski definition) is 0. The Labute approximate surface area is 87.8 Å². The first kappa shape index (κ1) is 10.8. The number of hydrogen-bond donors (Lipinski definition) is 0. The van der Waals surface area contributed by atoms with E-state index >= 15 is 0 Å². The van der Waals surface area contributed by atoms with E-state index in [1.807, 2.05) is 0 Å². The standard InChI is InChI=1S/C11H22I/c1-3-4-8-11(12-2)9-6-5-7-10-11/h3-10H2,1-2H3/q-1. The monoisotopic (exact) mass is 281 g/mol. The van der Waals surface area contributed by atoms with Crippen molar-refractivity contribution in [3.63, 3.8) is 0 Å². The molecule has 12 heavy (non-hydrogen) atoms. The van der Waals surface area contributed by atoms with Crippen LogP contribution in [0.5, 0.6) is 0 Å². The molecule has 0 spiro atoms. The minimum absolute atomic E-state index is 0.487. The fourth-order valence-electron chi connectivity index (χ4n) is 2.21. The molecule has 0 atom stereocenters. The fraction of sp³-hybridized carbons (Fsp3) is 1.00. The van der Waals surface area contributed by atoms with Crippen LogP contribution in [0.3, 0.4) is 0 Å². The zero-order valence-electron chi connectivity index (χ0n) is 8.53. The molecule has 0 aliphatic heterocycles. The second-order valence-corrected chi connectivity index (χ2v) is 7.37. The predicted octanol–water partition coefficient (Wildman–Crippen LogP) is 0.598. The number of rotatable bonds is 4. The molecule has 1 aliphatic carbocycles. The molecule has 1 saturated carbocycles. The van der Waals surface area contributed by atoms with Gasteiger partial charge in [-0.15, -0.1) is 0 Å². The van der Waals surface area contributed by atoms with Gasteiger partial charge in [0.05, 0.1) is 0 Å². The summed E-state index contributed by atoms with van der Waals surface area (Å²) < 4.78 is 0.882. The Kier molecular flexibility index (Phi) is 4.92. The van der Waals surface area contributed by atoms with E-state index in [-0.39, 0.29) is 0 Å². The number of halogens is 1. The Morgan fingerprint density at radius 3 is 2.33 bits per heavy atom. The van der Waals surface area contributed by atoms with Crippen molar-refractivity contribution < 1.29 is 21.2 Å². The quantitative estimate of drug-likeness (QED) is 0.523. The van der Waals surface area contributed by atoms with Crippen LogP contribution >= 0.6 is 0 Å². The summed E-state index contributed by atoms with van der Waals surface area (Å²) in [4.78, 5) is 2.50. The third-order valence-electron chi connectivity index (χ3n) is 3.13. The van der Waals surface area contributed by atoms with Crippen molar-refractivity contribution in [1.29, 1.82) is 0 Å². The van der Waals surface area contributed by atoms with Crippen molar-refractivity contribution >= 4 is 0 Å². The first-order chi connectivity index (χ1) is 5.83. The van der Waals surface area contributed by atoms with E-state index < -0.39 is 0 Å². The van der Waals surface area contributed by atoms with Crippen LogP contribution in [0.4, 0.5) is 0 Å². The molecule has 0 aromatic carbocycles. The summed E-state index contributed by atoms with van der Waals surface area (Å²) in [6.07, 6.45) is 12.1. The van der Waals surface area contributed by atoms with E-state index in [0.717, 1.165) is 3.42 Å². The van der Waals surface area contributed by atoms with Crippen LogP contribution in [0.1, 0.15) is 58.3 Å². The summed E-state index contributed by atoms with van der Waals surface area (Å²) >= 11 is 0.487. The van der Waals surface area contributed by atoms with Gasteiger partial charge < -0.3 is 0 Å². The van der Waals surface area contributed by atoms with Crippen molar-refractivity contribution in [3.05, 3.63) is 0 Å². The Bertz CT molecular complexity index is 114. The summed E-state index contributed by atoms with van der Waals surface area (Å²) in [6, 6.07) is 0. The van der Waals surface area contributed by atoms with Crippen LogP contribution in [0, 0.1) is 0 Å². The third-order valence-corrected chi connectivity index (χ3v) is 7.04. The third kappa shape index (κ3) is 2.90. The predicted molar refractivity (Wildman–Crippen MR) is 51.3 cm³/mol. The second kappa shape index (κ2) is 5.46. The van der Waals surface area contributed by atoms with Crippen LogP contribution in [0.15, 0.2) is 0 Å². The summed E-state index contributed by atoms with van der Waals surface area (Å²) in [5.74, 6) is 0. The zero-order chi connectivity index (χ0) is 8.86. The molecule has 0 aromatic rings. The molecule has 1 heteroatoms. The average Bonchev–Trinajstić information content (AvgIpc) is 2.16.